The van der Waals surface area contributed by atoms with Crippen LogP contribution in [0, 0.1) is 0 Å². The first kappa shape index (κ1) is 18.7. The lowest BCUT2D eigenvalue weighted by Gasteiger charge is -2.06. The molecule has 0 aliphatic heterocycles. The van der Waals surface area contributed by atoms with Gasteiger partial charge in [-0.25, -0.2) is 0 Å². The Morgan fingerprint density at radius 3 is 2.92 bits per heavy atom. The Bertz CT molecular complexity index is 700. The average molecular weight is 348 g/mol. The smallest absolute Gasteiger partial charge is 0.236 e. The molecule has 0 fully saturated rings. The van der Waals surface area contributed by atoms with Crippen molar-refractivity contribution in [3.05, 3.63) is 24.1 Å². The number of aromatic nitrogens is 2. The zero-order valence-corrected chi connectivity index (χ0v) is 14.5. The number of nitrogens with two attached hydrogens (primary N) is 1. The number of rotatable bonds is 9. The first-order valence-electron chi connectivity index (χ1n) is 8.24. The molecule has 0 bridgehead atoms. The Morgan fingerprint density at radius 2 is 2.20 bits per heavy atom. The molecule has 1 amide bonds. The van der Waals surface area contributed by atoms with Gasteiger partial charge in [-0.05, 0) is 38.0 Å². The lowest BCUT2D eigenvalue weighted by molar-refractivity contribution is -0.121. The van der Waals surface area contributed by atoms with Crippen LogP contribution in [0.5, 0.6) is 11.5 Å². The van der Waals surface area contributed by atoms with Gasteiger partial charge in [-0.3, -0.25) is 4.79 Å². The van der Waals surface area contributed by atoms with E-state index in [1.165, 1.54) is 13.2 Å². The third-order valence-electron chi connectivity index (χ3n) is 3.69. The molecule has 1 aromatic carbocycles. The lowest BCUT2D eigenvalue weighted by atomic mass is 10.2. The Balaban J connectivity index is 1.77. The number of methoxy groups -OCH3 is 1. The summed E-state index contributed by atoms with van der Waals surface area (Å²) in [4.78, 5) is 15.7. The number of nitrogens with one attached hydrogen (secondary N) is 1. The molecule has 0 aliphatic carbocycles. The van der Waals surface area contributed by atoms with E-state index in [1.54, 1.807) is 19.1 Å². The fourth-order valence-electron chi connectivity index (χ4n) is 2.24. The second-order valence-corrected chi connectivity index (χ2v) is 5.79. The van der Waals surface area contributed by atoms with Crippen molar-refractivity contribution < 1.29 is 19.2 Å². The first-order valence-corrected chi connectivity index (χ1v) is 8.24. The van der Waals surface area contributed by atoms with Crippen molar-refractivity contribution in [1.29, 1.82) is 0 Å². The molecule has 136 valence electrons. The van der Waals surface area contributed by atoms with Crippen LogP contribution in [0.1, 0.15) is 32.1 Å². The van der Waals surface area contributed by atoms with Crippen molar-refractivity contribution >= 4 is 5.91 Å². The Hall–Kier alpha value is -2.61. The first-order chi connectivity index (χ1) is 12.0. The molecule has 1 aromatic heterocycles. The molecule has 2 rings (SSSR count). The Morgan fingerprint density at radius 1 is 1.40 bits per heavy atom. The number of phenols is 1. The third-order valence-corrected chi connectivity index (χ3v) is 3.69. The SMILES string of the molecule is COc1cc(-c2noc(CCCCCNC(=O)C(C)N)n2)ccc1O. The van der Waals surface area contributed by atoms with E-state index >= 15 is 0 Å². The van der Waals surface area contributed by atoms with Crippen molar-refractivity contribution in [3.8, 4) is 22.9 Å². The van der Waals surface area contributed by atoms with E-state index in [0.717, 1.165) is 19.3 Å². The van der Waals surface area contributed by atoms with Gasteiger partial charge < -0.3 is 25.4 Å². The van der Waals surface area contributed by atoms with Gasteiger partial charge in [-0.15, -0.1) is 0 Å². The minimum atomic E-state index is -0.477. The summed E-state index contributed by atoms with van der Waals surface area (Å²) in [5, 5.41) is 16.3. The van der Waals surface area contributed by atoms with E-state index in [9.17, 15) is 9.90 Å². The number of phenolic OH excluding ortho intramolecular Hbond substituents is 1. The highest BCUT2D eigenvalue weighted by Gasteiger charge is 2.11. The van der Waals surface area contributed by atoms with Gasteiger partial charge in [0.05, 0.1) is 13.2 Å². The molecule has 0 spiro atoms. The average Bonchev–Trinajstić information content (AvgIpc) is 3.07. The molecule has 0 aliphatic rings. The minimum absolute atomic E-state index is 0.0612. The largest absolute Gasteiger partial charge is 0.504 e. The van der Waals surface area contributed by atoms with Crippen LogP contribution in [-0.2, 0) is 11.2 Å². The van der Waals surface area contributed by atoms with Crippen LogP contribution < -0.4 is 15.8 Å². The van der Waals surface area contributed by atoms with Gasteiger partial charge in [-0.1, -0.05) is 11.6 Å². The number of carbonyl (C=O) groups excluding carboxylic acids is 1. The molecule has 0 saturated carbocycles. The van der Waals surface area contributed by atoms with Crippen LogP contribution >= 0.6 is 0 Å². The highest BCUT2D eigenvalue weighted by molar-refractivity contribution is 5.80. The van der Waals surface area contributed by atoms with Gasteiger partial charge in [0.2, 0.25) is 17.6 Å². The van der Waals surface area contributed by atoms with Crippen molar-refractivity contribution in [2.75, 3.05) is 13.7 Å². The second-order valence-electron chi connectivity index (χ2n) is 5.79. The maximum atomic E-state index is 11.3. The van der Waals surface area contributed by atoms with Crippen molar-refractivity contribution in [1.82, 2.24) is 15.5 Å². The number of aromatic hydroxyl groups is 1. The van der Waals surface area contributed by atoms with E-state index in [-0.39, 0.29) is 11.7 Å². The number of hydrogen-bond donors (Lipinski definition) is 3. The summed E-state index contributed by atoms with van der Waals surface area (Å²) in [6, 6.07) is 4.41. The quantitative estimate of drug-likeness (QED) is 0.588. The van der Waals surface area contributed by atoms with E-state index in [0.29, 0.717) is 36.0 Å². The summed E-state index contributed by atoms with van der Waals surface area (Å²) in [5.74, 6) is 1.30. The number of unbranched alkanes of at least 4 members (excludes halogenated alkanes) is 2. The van der Waals surface area contributed by atoms with Gasteiger partial charge >= 0.3 is 0 Å². The molecular formula is C17H24N4O4. The summed E-state index contributed by atoms with van der Waals surface area (Å²) in [6.45, 7) is 2.27. The molecule has 4 N–H and O–H groups in total. The van der Waals surface area contributed by atoms with Crippen molar-refractivity contribution in [2.45, 2.75) is 38.6 Å². The molecule has 1 unspecified atom stereocenters. The molecule has 0 radical (unpaired) electrons. The summed E-state index contributed by atoms with van der Waals surface area (Å²) in [5.41, 5.74) is 6.18. The number of amides is 1. The maximum Gasteiger partial charge on any atom is 0.236 e. The summed E-state index contributed by atoms with van der Waals surface area (Å²) < 4.78 is 10.3. The van der Waals surface area contributed by atoms with Crippen LogP contribution in [0.3, 0.4) is 0 Å². The minimum Gasteiger partial charge on any atom is -0.504 e. The lowest BCUT2D eigenvalue weighted by Crippen LogP contribution is -2.38. The van der Waals surface area contributed by atoms with Crippen LogP contribution in [0.25, 0.3) is 11.4 Å². The van der Waals surface area contributed by atoms with Crippen molar-refractivity contribution in [2.24, 2.45) is 5.73 Å². The predicted octanol–water partition coefficient (Wildman–Crippen LogP) is 1.63. The summed E-state index contributed by atoms with van der Waals surface area (Å²) >= 11 is 0. The summed E-state index contributed by atoms with van der Waals surface area (Å²) in [6.07, 6.45) is 3.36. The third kappa shape index (κ3) is 5.46. The zero-order valence-electron chi connectivity index (χ0n) is 14.5. The molecular weight excluding hydrogens is 324 g/mol. The van der Waals surface area contributed by atoms with E-state index < -0.39 is 6.04 Å². The number of benzene rings is 1. The maximum absolute atomic E-state index is 11.3. The Kier molecular flexibility index (Phi) is 6.76. The second kappa shape index (κ2) is 9.03. The van der Waals surface area contributed by atoms with Gasteiger partial charge in [0, 0.05) is 18.5 Å². The monoisotopic (exact) mass is 348 g/mol. The highest BCUT2D eigenvalue weighted by atomic mass is 16.5. The Labute approximate surface area is 146 Å². The van der Waals surface area contributed by atoms with Crippen molar-refractivity contribution in [3.63, 3.8) is 0 Å². The van der Waals surface area contributed by atoms with Gasteiger partial charge in [0.25, 0.3) is 0 Å². The topological polar surface area (TPSA) is 124 Å². The molecule has 2 aromatic rings. The van der Waals surface area contributed by atoms with Crippen LogP contribution in [0.15, 0.2) is 22.7 Å². The number of ether oxygens (including phenoxy) is 1. The van der Waals surface area contributed by atoms with E-state index in [1.807, 2.05) is 0 Å². The summed E-state index contributed by atoms with van der Waals surface area (Å²) in [7, 11) is 1.48. The predicted molar refractivity (Wildman–Crippen MR) is 92.2 cm³/mol. The standard InChI is InChI=1S/C17H24N4O4/c1-11(18)17(23)19-9-5-3-4-6-15-20-16(21-25-15)12-7-8-13(22)14(10-12)24-2/h7-8,10-11,22H,3-6,9,18H2,1-2H3,(H,19,23). The van der Waals surface area contributed by atoms with Crippen LogP contribution in [0.2, 0.25) is 0 Å². The number of aryl methyl sites for hydroxylation is 1. The fraction of sp³-hybridized carbons (Fsp3) is 0.471. The molecule has 0 saturated heterocycles. The highest BCUT2D eigenvalue weighted by Crippen LogP contribution is 2.30. The van der Waals surface area contributed by atoms with Crippen LogP contribution in [0.4, 0.5) is 0 Å². The van der Waals surface area contributed by atoms with Gasteiger partial charge in [0.1, 0.15) is 0 Å². The molecule has 8 nitrogen and oxygen atoms in total. The molecule has 1 heterocycles. The fourth-order valence-corrected chi connectivity index (χ4v) is 2.24. The number of hydrogen-bond acceptors (Lipinski definition) is 7. The molecule has 25 heavy (non-hydrogen) atoms. The molecule has 8 heteroatoms. The van der Waals surface area contributed by atoms with E-state index in [2.05, 4.69) is 15.5 Å². The van der Waals surface area contributed by atoms with E-state index in [4.69, 9.17) is 15.0 Å². The zero-order chi connectivity index (χ0) is 18.2. The number of nitrogens with zero attached hydrogens (tertiary/aromatic N) is 2. The molecule has 1 atom stereocenters. The van der Waals surface area contributed by atoms with Crippen LogP contribution in [-0.4, -0.2) is 40.9 Å². The van der Waals surface area contributed by atoms with Gasteiger partial charge in [-0.2, -0.15) is 4.98 Å². The van der Waals surface area contributed by atoms with Gasteiger partial charge in [0.15, 0.2) is 11.5 Å². The normalized spacial score (nSPS) is 12.0. The number of carbonyl (C=O) groups is 1.